The van der Waals surface area contributed by atoms with E-state index in [2.05, 4.69) is 30.9 Å². The van der Waals surface area contributed by atoms with Crippen LogP contribution >= 0.6 is 0 Å². The van der Waals surface area contributed by atoms with Crippen LogP contribution in [0.4, 0.5) is 0 Å². The Morgan fingerprint density at radius 2 is 2.20 bits per heavy atom. The number of carbonyl (C=O) groups excluding carboxylic acids is 1. The predicted octanol–water partition coefficient (Wildman–Crippen LogP) is 2.11. The van der Waals surface area contributed by atoms with Crippen LogP contribution in [0.15, 0.2) is 4.52 Å². The number of aromatic nitrogens is 2. The van der Waals surface area contributed by atoms with Crippen molar-refractivity contribution in [3.8, 4) is 0 Å². The minimum absolute atomic E-state index is 0.000162. The molecule has 2 rings (SSSR count). The summed E-state index contributed by atoms with van der Waals surface area (Å²) in [5.74, 6) is 0.435. The van der Waals surface area contributed by atoms with Gasteiger partial charge in [-0.25, -0.2) is 4.79 Å². The van der Waals surface area contributed by atoms with E-state index in [0.717, 1.165) is 12.8 Å². The molecule has 3 atom stereocenters. The number of nitrogens with zero attached hydrogens (tertiary/aromatic N) is 2. The highest BCUT2D eigenvalue weighted by Gasteiger charge is 2.45. The molecule has 1 fully saturated rings. The van der Waals surface area contributed by atoms with E-state index in [1.165, 1.54) is 0 Å². The van der Waals surface area contributed by atoms with Gasteiger partial charge < -0.3 is 15.0 Å². The highest BCUT2D eigenvalue weighted by molar-refractivity contribution is 5.84. The molecule has 0 aromatic carbocycles. The van der Waals surface area contributed by atoms with Crippen LogP contribution in [-0.4, -0.2) is 28.8 Å². The van der Waals surface area contributed by atoms with Crippen LogP contribution in [0.3, 0.4) is 0 Å². The van der Waals surface area contributed by atoms with Gasteiger partial charge in [0.25, 0.3) is 5.82 Å². The first-order valence-corrected chi connectivity index (χ1v) is 7.14. The maximum atomic E-state index is 11.6. The summed E-state index contributed by atoms with van der Waals surface area (Å²) >= 11 is 0. The van der Waals surface area contributed by atoms with Gasteiger partial charge in [-0.15, -0.1) is 0 Å². The number of esters is 1. The van der Waals surface area contributed by atoms with Gasteiger partial charge in [-0.1, -0.05) is 20.8 Å². The van der Waals surface area contributed by atoms with E-state index in [1.807, 2.05) is 0 Å². The van der Waals surface area contributed by atoms with E-state index in [9.17, 15) is 4.79 Å². The van der Waals surface area contributed by atoms with Crippen molar-refractivity contribution in [3.05, 3.63) is 11.7 Å². The summed E-state index contributed by atoms with van der Waals surface area (Å²) in [5.41, 5.74) is 6.10. The quantitative estimate of drug-likeness (QED) is 0.853. The number of nitrogens with two attached hydrogens (primary N) is 1. The summed E-state index contributed by atoms with van der Waals surface area (Å²) in [6.07, 6.45) is 1.81. The molecule has 0 aliphatic heterocycles. The molecular formula is C14H23N3O3. The van der Waals surface area contributed by atoms with Crippen LogP contribution in [0.25, 0.3) is 0 Å². The summed E-state index contributed by atoms with van der Waals surface area (Å²) in [5, 5.41) is 3.73. The van der Waals surface area contributed by atoms with Gasteiger partial charge >= 0.3 is 5.97 Å². The van der Waals surface area contributed by atoms with Crippen molar-refractivity contribution in [1.82, 2.24) is 10.1 Å². The zero-order chi connectivity index (χ0) is 14.9. The van der Waals surface area contributed by atoms with E-state index < -0.39 is 5.97 Å². The summed E-state index contributed by atoms with van der Waals surface area (Å²) in [4.78, 5) is 15.8. The van der Waals surface area contributed by atoms with Crippen LogP contribution in [0.2, 0.25) is 0 Å². The van der Waals surface area contributed by atoms with E-state index in [0.29, 0.717) is 18.4 Å². The lowest BCUT2D eigenvalue weighted by Crippen LogP contribution is -2.45. The van der Waals surface area contributed by atoms with Crippen LogP contribution < -0.4 is 5.73 Å². The zero-order valence-corrected chi connectivity index (χ0v) is 12.5. The Morgan fingerprint density at radius 1 is 1.50 bits per heavy atom. The molecule has 3 unspecified atom stereocenters. The van der Waals surface area contributed by atoms with Crippen molar-refractivity contribution in [1.29, 1.82) is 0 Å². The molecule has 1 aromatic rings. The Morgan fingerprint density at radius 3 is 2.85 bits per heavy atom. The highest BCUT2D eigenvalue weighted by Crippen LogP contribution is 2.49. The van der Waals surface area contributed by atoms with E-state index in [1.54, 1.807) is 6.92 Å². The monoisotopic (exact) mass is 281 g/mol. The molecule has 6 heteroatoms. The fourth-order valence-corrected chi connectivity index (χ4v) is 2.95. The van der Waals surface area contributed by atoms with Gasteiger partial charge in [0, 0.05) is 12.0 Å². The predicted molar refractivity (Wildman–Crippen MR) is 73.1 cm³/mol. The van der Waals surface area contributed by atoms with Crippen LogP contribution in [0.5, 0.6) is 0 Å². The molecule has 0 saturated heterocycles. The van der Waals surface area contributed by atoms with Gasteiger partial charge in [0.2, 0.25) is 5.89 Å². The van der Waals surface area contributed by atoms with E-state index >= 15 is 0 Å². The van der Waals surface area contributed by atoms with Crippen molar-refractivity contribution in [2.75, 3.05) is 6.61 Å². The average Bonchev–Trinajstić information content (AvgIpc) is 2.86. The maximum absolute atomic E-state index is 11.6. The molecule has 1 aromatic heterocycles. The van der Waals surface area contributed by atoms with Crippen molar-refractivity contribution < 1.29 is 14.1 Å². The second kappa shape index (κ2) is 5.52. The molecule has 0 bridgehead atoms. The zero-order valence-electron chi connectivity index (χ0n) is 12.5. The second-order valence-electron chi connectivity index (χ2n) is 6.08. The van der Waals surface area contributed by atoms with Gasteiger partial charge in [-0.3, -0.25) is 0 Å². The lowest BCUT2D eigenvalue weighted by atomic mass is 9.61. The topological polar surface area (TPSA) is 91.2 Å². The van der Waals surface area contributed by atoms with Crippen LogP contribution in [0.1, 0.15) is 63.0 Å². The lowest BCUT2D eigenvalue weighted by molar-refractivity contribution is 0.0508. The Labute approximate surface area is 119 Å². The van der Waals surface area contributed by atoms with Crippen molar-refractivity contribution in [2.45, 2.75) is 52.5 Å². The normalized spacial score (nSPS) is 29.1. The Hall–Kier alpha value is -1.43. The summed E-state index contributed by atoms with van der Waals surface area (Å²) in [7, 11) is 0. The Bertz CT molecular complexity index is 484. The lowest BCUT2D eigenvalue weighted by Gasteiger charge is -2.45. The molecule has 0 spiro atoms. The molecule has 6 nitrogen and oxygen atoms in total. The van der Waals surface area contributed by atoms with Gasteiger partial charge in [0.05, 0.1) is 6.61 Å². The largest absolute Gasteiger partial charge is 0.460 e. The van der Waals surface area contributed by atoms with Crippen LogP contribution in [-0.2, 0) is 4.74 Å². The molecule has 1 saturated carbocycles. The first kappa shape index (κ1) is 15.0. The number of rotatable bonds is 3. The number of carbonyl (C=O) groups is 1. The summed E-state index contributed by atoms with van der Waals surface area (Å²) in [6, 6.07) is 0.189. The van der Waals surface area contributed by atoms with Gasteiger partial charge in [-0.2, -0.15) is 4.98 Å². The van der Waals surface area contributed by atoms with Crippen molar-refractivity contribution >= 4 is 5.97 Å². The number of ether oxygens (including phenoxy) is 1. The van der Waals surface area contributed by atoms with Gasteiger partial charge in [0.1, 0.15) is 0 Å². The maximum Gasteiger partial charge on any atom is 0.379 e. The fraction of sp³-hybridized carbons (Fsp3) is 0.786. The second-order valence-corrected chi connectivity index (χ2v) is 6.08. The number of hydrogen-bond donors (Lipinski definition) is 1. The third-order valence-corrected chi connectivity index (χ3v) is 4.70. The molecule has 20 heavy (non-hydrogen) atoms. The minimum atomic E-state index is -0.541. The SMILES string of the molecule is CCOC(=O)c1noc(C2CCC(N)C(C)C2(C)C)n1. The smallest absolute Gasteiger partial charge is 0.379 e. The molecule has 0 amide bonds. The molecule has 0 radical (unpaired) electrons. The molecule has 2 N–H and O–H groups in total. The van der Waals surface area contributed by atoms with E-state index in [-0.39, 0.29) is 23.2 Å². The van der Waals surface area contributed by atoms with E-state index in [4.69, 9.17) is 15.0 Å². The molecule has 1 heterocycles. The fourth-order valence-electron chi connectivity index (χ4n) is 2.95. The average molecular weight is 281 g/mol. The Kier molecular flexibility index (Phi) is 4.13. The third-order valence-electron chi connectivity index (χ3n) is 4.70. The first-order valence-electron chi connectivity index (χ1n) is 7.14. The van der Waals surface area contributed by atoms with Gasteiger partial charge in [-0.05, 0) is 36.3 Å². The number of hydrogen-bond acceptors (Lipinski definition) is 6. The molecular weight excluding hydrogens is 258 g/mol. The van der Waals surface area contributed by atoms with Gasteiger partial charge in [0.15, 0.2) is 0 Å². The molecule has 1 aliphatic carbocycles. The Balaban J connectivity index is 2.21. The van der Waals surface area contributed by atoms with Crippen molar-refractivity contribution in [2.24, 2.45) is 17.1 Å². The van der Waals surface area contributed by atoms with Crippen molar-refractivity contribution in [3.63, 3.8) is 0 Å². The summed E-state index contributed by atoms with van der Waals surface area (Å²) < 4.78 is 10.2. The molecule has 112 valence electrons. The third kappa shape index (κ3) is 2.57. The standard InChI is InChI=1S/C14H23N3O3/c1-5-19-13(18)11-16-12(20-17-11)9-6-7-10(15)8(2)14(9,3)4/h8-10H,5-7,15H2,1-4H3. The minimum Gasteiger partial charge on any atom is -0.460 e. The van der Waals surface area contributed by atoms with Crippen LogP contribution in [0, 0.1) is 11.3 Å². The summed E-state index contributed by atoms with van der Waals surface area (Å²) in [6.45, 7) is 8.51. The first-order chi connectivity index (χ1) is 9.37. The highest BCUT2D eigenvalue weighted by atomic mass is 16.5. The molecule has 1 aliphatic rings.